The van der Waals surface area contributed by atoms with E-state index in [1.165, 1.54) is 27.1 Å². The van der Waals surface area contributed by atoms with E-state index >= 15 is 0 Å². The van der Waals surface area contributed by atoms with Crippen LogP contribution in [0.4, 0.5) is 5.82 Å². The number of carbonyl (C=O) groups excluding carboxylic acids is 2. The molecule has 10 nitrogen and oxygen atoms in total. The van der Waals surface area contributed by atoms with E-state index in [0.717, 1.165) is 0 Å². The molecule has 1 aliphatic heterocycles. The van der Waals surface area contributed by atoms with E-state index in [2.05, 4.69) is 4.98 Å². The minimum absolute atomic E-state index is 0.0874. The van der Waals surface area contributed by atoms with E-state index in [1.807, 2.05) is 0 Å². The fourth-order valence-corrected chi connectivity index (χ4v) is 5.24. The van der Waals surface area contributed by atoms with Gasteiger partial charge in [0.05, 0.1) is 6.61 Å². The molecule has 1 aliphatic rings. The summed E-state index contributed by atoms with van der Waals surface area (Å²) in [6.45, 7) is 2.32. The average molecular weight is 508 g/mol. The van der Waals surface area contributed by atoms with Crippen molar-refractivity contribution in [2.75, 3.05) is 42.8 Å². The highest BCUT2D eigenvalue weighted by Crippen LogP contribution is 2.31. The zero-order chi connectivity index (χ0) is 23.3. The summed E-state index contributed by atoms with van der Waals surface area (Å²) in [6, 6.07) is 0. The average Bonchev–Trinajstić information content (AvgIpc) is 3.23. The maximum absolute atomic E-state index is 12.0. The van der Waals surface area contributed by atoms with Crippen LogP contribution in [-0.2, 0) is 23.8 Å². The minimum Gasteiger partial charge on any atom is -0.465 e. The highest BCUT2D eigenvalue weighted by atomic mass is 33.1. The molecule has 1 aromatic rings. The third-order valence-electron chi connectivity index (χ3n) is 4.30. The van der Waals surface area contributed by atoms with E-state index in [0.29, 0.717) is 42.3 Å². The summed E-state index contributed by atoms with van der Waals surface area (Å²) >= 11 is 1.46. The van der Waals surface area contributed by atoms with E-state index in [1.54, 1.807) is 23.9 Å². The summed E-state index contributed by atoms with van der Waals surface area (Å²) in [5.41, 5.74) is 5.49. The zero-order valence-electron chi connectivity index (χ0n) is 17.9. The molecule has 0 aliphatic carbocycles. The molecule has 0 bridgehead atoms. The molecule has 0 aromatic carbocycles. The van der Waals surface area contributed by atoms with Crippen LogP contribution in [0.15, 0.2) is 11.0 Å². The van der Waals surface area contributed by atoms with E-state index in [9.17, 15) is 14.4 Å². The quantitative estimate of drug-likeness (QED) is 0.215. The fourth-order valence-electron chi connectivity index (χ4n) is 2.65. The van der Waals surface area contributed by atoms with Gasteiger partial charge in [0.1, 0.15) is 30.7 Å². The molecule has 1 saturated heterocycles. The van der Waals surface area contributed by atoms with Crippen LogP contribution < -0.4 is 11.4 Å². The van der Waals surface area contributed by atoms with Gasteiger partial charge in [-0.15, -0.1) is 11.8 Å². The van der Waals surface area contributed by atoms with E-state index < -0.39 is 11.9 Å². The molecular formula is C19H29N3O7S3. The Kier molecular flexibility index (Phi) is 12.3. The number of aliphatic hydroxyl groups excluding tert-OH is 1. The number of carbonyl (C=O) groups is 2. The molecule has 180 valence electrons. The molecule has 0 spiro atoms. The van der Waals surface area contributed by atoms with Crippen molar-refractivity contribution in [2.24, 2.45) is 0 Å². The van der Waals surface area contributed by atoms with Crippen molar-refractivity contribution >= 4 is 51.1 Å². The number of thioether (sulfide) groups is 1. The number of rotatable bonds is 14. The second-order valence-electron chi connectivity index (χ2n) is 6.83. The third kappa shape index (κ3) is 9.61. The second-order valence-corrected chi connectivity index (χ2v) is 10.7. The summed E-state index contributed by atoms with van der Waals surface area (Å²) in [6.07, 6.45) is 2.67. The van der Waals surface area contributed by atoms with Gasteiger partial charge in [0.2, 0.25) is 0 Å². The number of aryl methyl sites for hydroxylation is 1. The van der Waals surface area contributed by atoms with Crippen LogP contribution in [0, 0.1) is 6.92 Å². The molecule has 2 unspecified atom stereocenters. The van der Waals surface area contributed by atoms with Crippen LogP contribution in [0.2, 0.25) is 0 Å². The Morgan fingerprint density at radius 1 is 1.28 bits per heavy atom. The van der Waals surface area contributed by atoms with Crippen LogP contribution >= 0.6 is 33.3 Å². The maximum atomic E-state index is 12.0. The Labute approximate surface area is 198 Å². The topological polar surface area (TPSA) is 143 Å². The van der Waals surface area contributed by atoms with Gasteiger partial charge in [-0.05, 0) is 19.8 Å². The van der Waals surface area contributed by atoms with Crippen molar-refractivity contribution in [3.8, 4) is 0 Å². The molecule has 0 amide bonds. The first-order valence-electron chi connectivity index (χ1n) is 10.2. The number of nitrogens with two attached hydrogens (primary N) is 1. The van der Waals surface area contributed by atoms with Gasteiger partial charge in [-0.3, -0.25) is 14.2 Å². The van der Waals surface area contributed by atoms with Crippen molar-refractivity contribution in [3.63, 3.8) is 0 Å². The predicted molar refractivity (Wildman–Crippen MR) is 126 cm³/mol. The van der Waals surface area contributed by atoms with Crippen molar-refractivity contribution in [1.29, 1.82) is 0 Å². The molecular weight excluding hydrogens is 478 g/mol. The Hall–Kier alpha value is -1.41. The zero-order valence-corrected chi connectivity index (χ0v) is 20.3. The first kappa shape index (κ1) is 26.8. The van der Waals surface area contributed by atoms with Crippen molar-refractivity contribution in [3.05, 3.63) is 22.2 Å². The molecule has 32 heavy (non-hydrogen) atoms. The smallest absolute Gasteiger partial charge is 0.351 e. The number of hydrogen-bond donors (Lipinski definition) is 2. The Bertz CT molecular complexity index is 809. The number of aliphatic hydroxyl groups is 1. The summed E-state index contributed by atoms with van der Waals surface area (Å²) in [5, 5.41) is 8.66. The maximum Gasteiger partial charge on any atom is 0.351 e. The molecule has 13 heteroatoms. The van der Waals surface area contributed by atoms with E-state index in [4.69, 9.17) is 25.1 Å². The van der Waals surface area contributed by atoms with Gasteiger partial charge in [-0.1, -0.05) is 21.6 Å². The van der Waals surface area contributed by atoms with Crippen LogP contribution in [0.5, 0.6) is 0 Å². The molecule has 2 atom stereocenters. The first-order valence-corrected chi connectivity index (χ1v) is 13.7. The molecule has 0 saturated carbocycles. The van der Waals surface area contributed by atoms with Crippen molar-refractivity contribution in [2.45, 2.75) is 44.3 Å². The number of nitrogen functional groups attached to an aromatic ring is 1. The number of aromatic nitrogens is 2. The molecule has 0 radical (unpaired) electrons. The number of hydrogen-bond acceptors (Lipinski definition) is 12. The number of unbranched alkanes of at least 4 members (excludes halogenated alkanes) is 1. The van der Waals surface area contributed by atoms with Gasteiger partial charge in [-0.2, -0.15) is 4.98 Å². The Morgan fingerprint density at radius 2 is 1.97 bits per heavy atom. The lowest BCUT2D eigenvalue weighted by molar-refractivity contribution is -0.148. The summed E-state index contributed by atoms with van der Waals surface area (Å²) < 4.78 is 17.5. The standard InChI is InChI=1S/C19H29N3O7S3/c1-13-10-22(19(26)21-18(13)20)14-12-30-17(29-14)11-28-16(25)5-3-2-4-15(24)27-7-9-32-31-8-6-23/h10,14,17,23H,2-9,11-12H2,1H3,(H2,20,21,26). The van der Waals surface area contributed by atoms with Gasteiger partial charge in [0.25, 0.3) is 0 Å². The van der Waals surface area contributed by atoms with Gasteiger partial charge < -0.3 is 25.1 Å². The van der Waals surface area contributed by atoms with Crippen LogP contribution in [-0.4, -0.2) is 69.1 Å². The molecule has 1 aromatic heterocycles. The van der Waals surface area contributed by atoms with Gasteiger partial charge in [0.15, 0.2) is 0 Å². The second kappa shape index (κ2) is 14.7. The third-order valence-corrected chi connectivity index (χ3v) is 7.74. The van der Waals surface area contributed by atoms with Crippen LogP contribution in [0.3, 0.4) is 0 Å². The van der Waals surface area contributed by atoms with Gasteiger partial charge in [-0.25, -0.2) is 4.79 Å². The highest BCUT2D eigenvalue weighted by molar-refractivity contribution is 8.76. The summed E-state index contributed by atoms with van der Waals surface area (Å²) in [5.74, 6) is 1.42. The molecule has 2 rings (SSSR count). The largest absolute Gasteiger partial charge is 0.465 e. The highest BCUT2D eigenvalue weighted by Gasteiger charge is 2.29. The number of esters is 2. The van der Waals surface area contributed by atoms with E-state index in [-0.39, 0.29) is 49.2 Å². The first-order chi connectivity index (χ1) is 15.4. The Balaban J connectivity index is 1.55. The van der Waals surface area contributed by atoms with Crippen molar-refractivity contribution < 1.29 is 28.9 Å². The SMILES string of the molecule is Cc1cn(C2CSC(COC(=O)CCCCC(=O)OCCSSCCO)O2)c(=O)nc1N. The summed E-state index contributed by atoms with van der Waals surface area (Å²) in [7, 11) is 3.08. The van der Waals surface area contributed by atoms with Gasteiger partial charge in [0, 0.05) is 41.9 Å². The number of anilines is 1. The van der Waals surface area contributed by atoms with Crippen LogP contribution in [0.1, 0.15) is 37.5 Å². The van der Waals surface area contributed by atoms with Crippen molar-refractivity contribution in [1.82, 2.24) is 9.55 Å². The summed E-state index contributed by atoms with van der Waals surface area (Å²) in [4.78, 5) is 39.3. The number of ether oxygens (including phenoxy) is 3. The monoisotopic (exact) mass is 507 g/mol. The predicted octanol–water partition coefficient (Wildman–Crippen LogP) is 1.74. The minimum atomic E-state index is -0.485. The molecule has 3 N–H and O–H groups in total. The Morgan fingerprint density at radius 3 is 2.69 bits per heavy atom. The fraction of sp³-hybridized carbons (Fsp3) is 0.684. The lowest BCUT2D eigenvalue weighted by Gasteiger charge is -2.15. The normalized spacial score (nSPS) is 17.9. The molecule has 1 fully saturated rings. The lowest BCUT2D eigenvalue weighted by Crippen LogP contribution is -2.29. The van der Waals surface area contributed by atoms with Crippen LogP contribution in [0.25, 0.3) is 0 Å². The molecule has 2 heterocycles. The number of nitrogens with zero attached hydrogens (tertiary/aromatic N) is 2. The lowest BCUT2D eigenvalue weighted by atomic mass is 10.2. The van der Waals surface area contributed by atoms with Gasteiger partial charge >= 0.3 is 17.6 Å².